The SMILES string of the molecule is BC(C(=O)NC(=O)CC)N1Cc2c(NCc3ccc(CN4CC(C)OC(C)C4)cc3F)cccc2C1=O. The molecule has 1 saturated heterocycles. The smallest absolute Gasteiger partial charge is 0.254 e. The number of morpholine rings is 1. The van der Waals surface area contributed by atoms with Crippen LogP contribution >= 0.6 is 0 Å². The summed E-state index contributed by atoms with van der Waals surface area (Å²) in [5.41, 5.74) is 3.40. The van der Waals surface area contributed by atoms with Crippen LogP contribution in [0.15, 0.2) is 36.4 Å². The summed E-state index contributed by atoms with van der Waals surface area (Å²) in [6.07, 6.45) is 0.497. The van der Waals surface area contributed by atoms with Crippen LogP contribution in [0.3, 0.4) is 0 Å². The van der Waals surface area contributed by atoms with Gasteiger partial charge in [0.2, 0.25) is 11.8 Å². The molecule has 3 atom stereocenters. The molecule has 2 aliphatic heterocycles. The number of carbonyl (C=O) groups is 3. The molecule has 2 aliphatic rings. The number of anilines is 1. The van der Waals surface area contributed by atoms with Gasteiger partial charge in [0.05, 0.1) is 18.1 Å². The Kier molecular flexibility index (Phi) is 8.29. The van der Waals surface area contributed by atoms with E-state index in [0.717, 1.165) is 24.2 Å². The Morgan fingerprint density at radius 2 is 1.92 bits per heavy atom. The normalized spacial score (nSPS) is 20.4. The number of fused-ring (bicyclic) bond motifs is 1. The molecule has 3 amide bonds. The highest BCUT2D eigenvalue weighted by Gasteiger charge is 2.35. The summed E-state index contributed by atoms with van der Waals surface area (Å²) in [5, 5.41) is 5.58. The van der Waals surface area contributed by atoms with E-state index in [9.17, 15) is 18.8 Å². The van der Waals surface area contributed by atoms with E-state index in [1.165, 1.54) is 4.90 Å². The molecule has 1 fully saturated rings. The number of nitrogens with zero attached hydrogens (tertiary/aromatic N) is 2. The van der Waals surface area contributed by atoms with E-state index in [4.69, 9.17) is 4.74 Å². The maximum atomic E-state index is 15.0. The van der Waals surface area contributed by atoms with Crippen molar-refractivity contribution in [2.45, 2.75) is 65.0 Å². The number of hydrogen-bond acceptors (Lipinski definition) is 6. The van der Waals surface area contributed by atoms with Gasteiger partial charge in [-0.05, 0) is 37.6 Å². The minimum atomic E-state index is -0.800. The van der Waals surface area contributed by atoms with Gasteiger partial charge in [-0.25, -0.2) is 4.39 Å². The molecule has 2 N–H and O–H groups in total. The van der Waals surface area contributed by atoms with Gasteiger partial charge < -0.3 is 15.0 Å². The van der Waals surface area contributed by atoms with E-state index in [2.05, 4.69) is 15.5 Å². The van der Waals surface area contributed by atoms with E-state index < -0.39 is 11.8 Å². The number of imide groups is 1. The standard InChI is InChI=1S/C27H34BFN4O4/c1-4-24(34)31-26(35)25(28)33-15-21-20(27(33)36)6-5-7-23(21)30-11-19-9-8-18(10-22(19)29)14-32-12-16(2)37-17(3)13-32/h5-10,16-17,25,30H,4,11-15,28H2,1-3H3,(H,31,34,35). The van der Waals surface area contributed by atoms with Crippen LogP contribution in [-0.4, -0.2) is 66.6 Å². The lowest BCUT2D eigenvalue weighted by molar-refractivity contribution is -0.131. The van der Waals surface area contributed by atoms with Gasteiger partial charge in [-0.15, -0.1) is 0 Å². The monoisotopic (exact) mass is 508 g/mol. The summed E-state index contributed by atoms with van der Waals surface area (Å²) in [5.74, 6) is -2.25. The van der Waals surface area contributed by atoms with E-state index in [-0.39, 0.29) is 49.3 Å². The fourth-order valence-electron chi connectivity index (χ4n) is 5.00. The highest BCUT2D eigenvalue weighted by Crippen LogP contribution is 2.31. The molecular formula is C27H34BFN4O4. The summed E-state index contributed by atoms with van der Waals surface area (Å²) in [7, 11) is 1.60. The lowest BCUT2D eigenvalue weighted by Gasteiger charge is -2.35. The fourth-order valence-corrected chi connectivity index (χ4v) is 5.00. The second kappa shape index (κ2) is 11.4. The Labute approximate surface area is 217 Å². The van der Waals surface area contributed by atoms with Crippen LogP contribution in [0.5, 0.6) is 0 Å². The molecule has 3 unspecified atom stereocenters. The molecule has 8 nitrogen and oxygen atoms in total. The number of nitrogens with one attached hydrogen (secondary N) is 2. The number of carbonyl (C=O) groups excluding carboxylic acids is 3. The zero-order chi connectivity index (χ0) is 26.7. The number of hydrogen-bond donors (Lipinski definition) is 2. The second-order valence-electron chi connectivity index (χ2n) is 9.94. The molecule has 0 radical (unpaired) electrons. The molecule has 37 heavy (non-hydrogen) atoms. The second-order valence-corrected chi connectivity index (χ2v) is 9.94. The third-order valence-electron chi connectivity index (χ3n) is 6.91. The third kappa shape index (κ3) is 6.19. The topological polar surface area (TPSA) is 91.0 Å². The minimum absolute atomic E-state index is 0.156. The maximum Gasteiger partial charge on any atom is 0.254 e. The molecule has 196 valence electrons. The van der Waals surface area contributed by atoms with Crippen LogP contribution in [0.4, 0.5) is 10.1 Å². The van der Waals surface area contributed by atoms with Gasteiger partial charge >= 0.3 is 0 Å². The minimum Gasteiger partial charge on any atom is -0.381 e. The van der Waals surface area contributed by atoms with E-state index in [0.29, 0.717) is 23.4 Å². The molecule has 0 aromatic heterocycles. The first-order chi connectivity index (χ1) is 17.7. The Morgan fingerprint density at radius 3 is 2.59 bits per heavy atom. The Balaban J connectivity index is 1.41. The van der Waals surface area contributed by atoms with Crippen molar-refractivity contribution in [3.05, 3.63) is 64.5 Å². The molecule has 0 saturated carbocycles. The van der Waals surface area contributed by atoms with Gasteiger partial charge in [-0.2, -0.15) is 0 Å². The Bertz CT molecular complexity index is 1180. The molecule has 0 aliphatic carbocycles. The third-order valence-corrected chi connectivity index (χ3v) is 6.91. The zero-order valence-corrected chi connectivity index (χ0v) is 21.8. The number of benzene rings is 2. The van der Waals surface area contributed by atoms with Gasteiger partial charge in [0, 0.05) is 61.5 Å². The van der Waals surface area contributed by atoms with Crippen molar-refractivity contribution in [2.24, 2.45) is 0 Å². The Morgan fingerprint density at radius 1 is 1.19 bits per heavy atom. The summed E-state index contributed by atoms with van der Waals surface area (Å²) in [4.78, 5) is 40.7. The van der Waals surface area contributed by atoms with Crippen molar-refractivity contribution in [3.63, 3.8) is 0 Å². The van der Waals surface area contributed by atoms with Crippen LogP contribution in [0.1, 0.15) is 54.2 Å². The molecule has 2 aromatic rings. The molecular weight excluding hydrogens is 474 g/mol. The number of amides is 3. The summed E-state index contributed by atoms with van der Waals surface area (Å²) < 4.78 is 20.7. The maximum absolute atomic E-state index is 15.0. The lowest BCUT2D eigenvalue weighted by Crippen LogP contribution is -2.49. The van der Waals surface area contributed by atoms with Crippen molar-refractivity contribution >= 4 is 31.3 Å². The fraction of sp³-hybridized carbons (Fsp3) is 0.444. The van der Waals surface area contributed by atoms with E-state index in [1.54, 1.807) is 39.0 Å². The Hall–Kier alpha value is -3.24. The predicted octanol–water partition coefficient (Wildman–Crippen LogP) is 2.01. The number of rotatable bonds is 8. The van der Waals surface area contributed by atoms with Gasteiger partial charge in [0.15, 0.2) is 0 Å². The lowest BCUT2D eigenvalue weighted by atomic mass is 9.93. The number of ether oxygens (including phenoxy) is 1. The van der Waals surface area contributed by atoms with Crippen LogP contribution in [-0.2, 0) is 34.0 Å². The van der Waals surface area contributed by atoms with Crippen molar-refractivity contribution < 1.29 is 23.5 Å². The van der Waals surface area contributed by atoms with E-state index in [1.807, 2.05) is 26.0 Å². The summed E-state index contributed by atoms with van der Waals surface area (Å²) >= 11 is 0. The first-order valence-electron chi connectivity index (χ1n) is 12.8. The molecule has 2 heterocycles. The number of halogens is 1. The zero-order valence-electron chi connectivity index (χ0n) is 21.8. The molecule has 4 rings (SSSR count). The molecule has 0 bridgehead atoms. The average molecular weight is 508 g/mol. The van der Waals surface area contributed by atoms with Gasteiger partial charge in [-0.1, -0.05) is 25.1 Å². The molecule has 10 heteroatoms. The van der Waals surface area contributed by atoms with Crippen LogP contribution in [0.25, 0.3) is 0 Å². The van der Waals surface area contributed by atoms with Crippen molar-refractivity contribution in [2.75, 3.05) is 18.4 Å². The van der Waals surface area contributed by atoms with Gasteiger partial charge in [0.1, 0.15) is 13.7 Å². The highest BCUT2D eigenvalue weighted by molar-refractivity contribution is 6.27. The first-order valence-corrected chi connectivity index (χ1v) is 12.8. The van der Waals surface area contributed by atoms with Crippen LogP contribution in [0, 0.1) is 5.82 Å². The van der Waals surface area contributed by atoms with Crippen molar-refractivity contribution in [1.82, 2.24) is 15.1 Å². The predicted molar refractivity (Wildman–Crippen MR) is 141 cm³/mol. The average Bonchev–Trinajstić information content (AvgIpc) is 3.19. The van der Waals surface area contributed by atoms with Crippen LogP contribution in [0.2, 0.25) is 0 Å². The first kappa shape index (κ1) is 26.8. The largest absolute Gasteiger partial charge is 0.381 e. The quantitative estimate of drug-likeness (QED) is 0.531. The summed E-state index contributed by atoms with van der Waals surface area (Å²) in [6.45, 7) is 8.54. The summed E-state index contributed by atoms with van der Waals surface area (Å²) in [6, 6.07) is 10.6. The van der Waals surface area contributed by atoms with Crippen molar-refractivity contribution in [1.29, 1.82) is 0 Å². The molecule has 2 aromatic carbocycles. The van der Waals surface area contributed by atoms with Gasteiger partial charge in [0.25, 0.3) is 5.91 Å². The van der Waals surface area contributed by atoms with E-state index >= 15 is 0 Å². The van der Waals surface area contributed by atoms with Gasteiger partial charge in [-0.3, -0.25) is 24.6 Å². The highest BCUT2D eigenvalue weighted by atomic mass is 19.1. The molecule has 0 spiro atoms. The van der Waals surface area contributed by atoms with Crippen LogP contribution < -0.4 is 10.6 Å². The van der Waals surface area contributed by atoms with Crippen molar-refractivity contribution in [3.8, 4) is 0 Å².